The number of amides is 2. The minimum absolute atomic E-state index is 0.0137. The number of benzene rings is 1. The number of hydrogen-bond acceptors (Lipinski definition) is 3. The molecule has 1 N–H and O–H groups in total. The Bertz CT molecular complexity index is 686. The SMILES string of the molecule is Cc1ccc(C2CCCN2C(=O)CC2C(=O)NCCN2C(C)C)cc1C. The molecule has 2 amide bonds. The minimum Gasteiger partial charge on any atom is -0.353 e. The topological polar surface area (TPSA) is 52.7 Å². The van der Waals surface area contributed by atoms with Gasteiger partial charge in [0.25, 0.3) is 0 Å². The normalized spacial score (nSPS) is 24.2. The standard InChI is InChI=1S/C21H31N3O2/c1-14(2)23-11-9-22-21(26)19(23)13-20(25)24-10-5-6-18(24)17-8-7-15(3)16(4)12-17/h7-8,12,14,18-19H,5-6,9-11,13H2,1-4H3,(H,22,26). The van der Waals surface area contributed by atoms with Gasteiger partial charge in [0.15, 0.2) is 0 Å². The van der Waals surface area contributed by atoms with Gasteiger partial charge < -0.3 is 10.2 Å². The van der Waals surface area contributed by atoms with Gasteiger partial charge in [0.2, 0.25) is 11.8 Å². The van der Waals surface area contributed by atoms with Gasteiger partial charge in [-0.25, -0.2) is 0 Å². The summed E-state index contributed by atoms with van der Waals surface area (Å²) in [6, 6.07) is 6.54. The van der Waals surface area contributed by atoms with Gasteiger partial charge in [-0.3, -0.25) is 14.5 Å². The lowest BCUT2D eigenvalue weighted by Gasteiger charge is -2.38. The van der Waals surface area contributed by atoms with Crippen molar-refractivity contribution in [1.82, 2.24) is 15.1 Å². The predicted molar refractivity (Wildman–Crippen MR) is 103 cm³/mol. The number of rotatable bonds is 4. The molecule has 0 saturated carbocycles. The smallest absolute Gasteiger partial charge is 0.237 e. The fraction of sp³-hybridized carbons (Fsp3) is 0.619. The summed E-state index contributed by atoms with van der Waals surface area (Å²) in [6.45, 7) is 10.7. The number of piperazine rings is 1. The van der Waals surface area contributed by atoms with Crippen molar-refractivity contribution in [2.45, 2.75) is 65.1 Å². The van der Waals surface area contributed by atoms with E-state index >= 15 is 0 Å². The highest BCUT2D eigenvalue weighted by Crippen LogP contribution is 2.33. The first-order chi connectivity index (χ1) is 12.4. The van der Waals surface area contributed by atoms with E-state index in [0.29, 0.717) is 6.54 Å². The molecule has 1 aromatic rings. The number of nitrogens with one attached hydrogen (secondary N) is 1. The highest BCUT2D eigenvalue weighted by molar-refractivity contribution is 5.89. The van der Waals surface area contributed by atoms with Gasteiger partial charge >= 0.3 is 0 Å². The molecule has 2 saturated heterocycles. The number of likely N-dealkylation sites (tertiary alicyclic amines) is 1. The van der Waals surface area contributed by atoms with Crippen LogP contribution < -0.4 is 5.32 Å². The van der Waals surface area contributed by atoms with Crippen molar-refractivity contribution in [3.05, 3.63) is 34.9 Å². The lowest BCUT2D eigenvalue weighted by atomic mass is 9.99. The largest absolute Gasteiger partial charge is 0.353 e. The first-order valence-corrected chi connectivity index (χ1v) is 9.78. The molecule has 5 heteroatoms. The highest BCUT2D eigenvalue weighted by atomic mass is 16.2. The molecule has 142 valence electrons. The van der Waals surface area contributed by atoms with Crippen LogP contribution in [0.2, 0.25) is 0 Å². The molecule has 2 atom stereocenters. The zero-order chi connectivity index (χ0) is 18.8. The monoisotopic (exact) mass is 357 g/mol. The first-order valence-electron chi connectivity index (χ1n) is 9.78. The molecule has 2 aliphatic rings. The molecule has 5 nitrogen and oxygen atoms in total. The summed E-state index contributed by atoms with van der Waals surface area (Å²) in [5.74, 6) is 0.0821. The van der Waals surface area contributed by atoms with Gasteiger partial charge in [0.05, 0.1) is 18.5 Å². The Morgan fingerprint density at radius 1 is 1.23 bits per heavy atom. The Kier molecular flexibility index (Phi) is 5.66. The lowest BCUT2D eigenvalue weighted by molar-refractivity contribution is -0.140. The van der Waals surface area contributed by atoms with Gasteiger partial charge in [0, 0.05) is 25.7 Å². The van der Waals surface area contributed by atoms with Gasteiger partial charge in [-0.05, 0) is 57.2 Å². The fourth-order valence-electron chi connectivity index (χ4n) is 4.23. The number of aryl methyl sites for hydroxylation is 2. The van der Waals surface area contributed by atoms with Crippen molar-refractivity contribution in [3.63, 3.8) is 0 Å². The summed E-state index contributed by atoms with van der Waals surface area (Å²) in [6.07, 6.45) is 2.29. The van der Waals surface area contributed by atoms with Crippen LogP contribution >= 0.6 is 0 Å². The van der Waals surface area contributed by atoms with Gasteiger partial charge in [-0.1, -0.05) is 18.2 Å². The fourth-order valence-corrected chi connectivity index (χ4v) is 4.23. The van der Waals surface area contributed by atoms with Crippen LogP contribution in [0, 0.1) is 13.8 Å². The predicted octanol–water partition coefficient (Wildman–Crippen LogP) is 2.57. The second kappa shape index (κ2) is 7.78. The van der Waals surface area contributed by atoms with Crippen LogP contribution in [-0.2, 0) is 9.59 Å². The van der Waals surface area contributed by atoms with Crippen molar-refractivity contribution in [1.29, 1.82) is 0 Å². The maximum Gasteiger partial charge on any atom is 0.237 e. The molecule has 2 aliphatic heterocycles. The van der Waals surface area contributed by atoms with E-state index in [1.807, 2.05) is 4.90 Å². The Morgan fingerprint density at radius 2 is 2.00 bits per heavy atom. The summed E-state index contributed by atoms with van der Waals surface area (Å²) < 4.78 is 0. The van der Waals surface area contributed by atoms with Gasteiger partial charge in [0.1, 0.15) is 0 Å². The van der Waals surface area contributed by atoms with Crippen LogP contribution in [-0.4, -0.2) is 53.3 Å². The number of hydrogen-bond donors (Lipinski definition) is 1. The quantitative estimate of drug-likeness (QED) is 0.901. The molecule has 0 bridgehead atoms. The molecule has 1 aromatic carbocycles. The average Bonchev–Trinajstić information content (AvgIpc) is 3.08. The number of carbonyl (C=O) groups excluding carboxylic acids is 2. The lowest BCUT2D eigenvalue weighted by Crippen LogP contribution is -2.58. The molecule has 26 heavy (non-hydrogen) atoms. The first kappa shape index (κ1) is 18.9. The third-order valence-electron chi connectivity index (χ3n) is 5.89. The molecule has 0 radical (unpaired) electrons. The van der Waals surface area contributed by atoms with Crippen LogP contribution in [0.1, 0.15) is 55.8 Å². The van der Waals surface area contributed by atoms with Crippen LogP contribution in [0.5, 0.6) is 0 Å². The van der Waals surface area contributed by atoms with E-state index in [1.54, 1.807) is 0 Å². The second-order valence-electron chi connectivity index (χ2n) is 7.93. The van der Waals surface area contributed by atoms with Crippen LogP contribution in [0.3, 0.4) is 0 Å². The van der Waals surface area contributed by atoms with Crippen molar-refractivity contribution >= 4 is 11.8 Å². The van der Waals surface area contributed by atoms with E-state index in [9.17, 15) is 9.59 Å². The molecule has 2 unspecified atom stereocenters. The van der Waals surface area contributed by atoms with E-state index in [0.717, 1.165) is 25.9 Å². The summed E-state index contributed by atoms with van der Waals surface area (Å²) >= 11 is 0. The summed E-state index contributed by atoms with van der Waals surface area (Å²) in [7, 11) is 0. The van der Waals surface area contributed by atoms with Gasteiger partial charge in [-0.2, -0.15) is 0 Å². The molecule has 0 spiro atoms. The van der Waals surface area contributed by atoms with E-state index in [4.69, 9.17) is 0 Å². The average molecular weight is 357 g/mol. The van der Waals surface area contributed by atoms with E-state index in [1.165, 1.54) is 16.7 Å². The van der Waals surface area contributed by atoms with Crippen molar-refractivity contribution in [2.75, 3.05) is 19.6 Å². The van der Waals surface area contributed by atoms with Crippen LogP contribution in [0.15, 0.2) is 18.2 Å². The molecular formula is C21H31N3O2. The maximum absolute atomic E-state index is 13.1. The zero-order valence-corrected chi connectivity index (χ0v) is 16.4. The van der Waals surface area contributed by atoms with Crippen LogP contribution in [0.4, 0.5) is 0 Å². The molecule has 2 fully saturated rings. The molecular weight excluding hydrogens is 326 g/mol. The number of carbonyl (C=O) groups is 2. The summed E-state index contributed by atoms with van der Waals surface area (Å²) in [5.41, 5.74) is 3.75. The second-order valence-corrected chi connectivity index (χ2v) is 7.93. The van der Waals surface area contributed by atoms with E-state index in [2.05, 4.69) is 56.1 Å². The maximum atomic E-state index is 13.1. The molecule has 0 aromatic heterocycles. The minimum atomic E-state index is -0.350. The molecule has 0 aliphatic carbocycles. The molecule has 2 heterocycles. The molecule has 3 rings (SSSR count). The third kappa shape index (κ3) is 3.78. The highest BCUT2D eigenvalue weighted by Gasteiger charge is 2.37. The Morgan fingerprint density at radius 3 is 2.69 bits per heavy atom. The summed E-state index contributed by atoms with van der Waals surface area (Å²) in [4.78, 5) is 29.6. The Hall–Kier alpha value is -1.88. The van der Waals surface area contributed by atoms with Crippen molar-refractivity contribution < 1.29 is 9.59 Å². The van der Waals surface area contributed by atoms with E-state index in [-0.39, 0.29) is 36.4 Å². The Balaban J connectivity index is 1.75. The zero-order valence-electron chi connectivity index (χ0n) is 16.4. The summed E-state index contributed by atoms with van der Waals surface area (Å²) in [5, 5.41) is 2.92. The van der Waals surface area contributed by atoms with E-state index < -0.39 is 0 Å². The number of nitrogens with zero attached hydrogens (tertiary/aromatic N) is 2. The van der Waals surface area contributed by atoms with Crippen molar-refractivity contribution in [2.24, 2.45) is 0 Å². The third-order valence-corrected chi connectivity index (χ3v) is 5.89. The van der Waals surface area contributed by atoms with Crippen molar-refractivity contribution in [3.8, 4) is 0 Å². The van der Waals surface area contributed by atoms with Gasteiger partial charge in [-0.15, -0.1) is 0 Å². The Labute approximate surface area is 156 Å². The van der Waals surface area contributed by atoms with Crippen LogP contribution in [0.25, 0.3) is 0 Å².